The minimum Gasteiger partial charge on any atom is -0.480 e. The number of nitrogens with zero attached hydrogens (tertiary/aromatic N) is 1. The molecule has 1 aromatic carbocycles. The van der Waals surface area contributed by atoms with Crippen LogP contribution in [0.3, 0.4) is 0 Å². The Morgan fingerprint density at radius 2 is 1.91 bits per heavy atom. The standard InChI is InChI=1S/C16H17F2NO3/c17-10-5-6-12(18)11(8-10)15(20)19-13-4-2-1-3-9(13)7-14(19)16(21)22/h5-6,8-9,13-14H,1-4,7H2,(H,21,22). The molecule has 1 aliphatic carbocycles. The molecule has 4 nitrogen and oxygen atoms in total. The molecular weight excluding hydrogens is 292 g/mol. The van der Waals surface area contributed by atoms with Crippen molar-refractivity contribution in [2.24, 2.45) is 5.92 Å². The zero-order chi connectivity index (χ0) is 15.9. The average molecular weight is 309 g/mol. The summed E-state index contributed by atoms with van der Waals surface area (Å²) in [6, 6.07) is 1.53. The van der Waals surface area contributed by atoms with Crippen molar-refractivity contribution in [3.05, 3.63) is 35.4 Å². The summed E-state index contributed by atoms with van der Waals surface area (Å²) >= 11 is 0. The molecule has 1 heterocycles. The van der Waals surface area contributed by atoms with Crippen LogP contribution >= 0.6 is 0 Å². The molecule has 1 aromatic rings. The molecule has 3 unspecified atom stereocenters. The second-order valence-electron chi connectivity index (χ2n) is 6.04. The quantitative estimate of drug-likeness (QED) is 0.914. The van der Waals surface area contributed by atoms with Crippen LogP contribution < -0.4 is 0 Å². The molecule has 1 saturated carbocycles. The third-order valence-corrected chi connectivity index (χ3v) is 4.77. The Kier molecular flexibility index (Phi) is 3.85. The lowest BCUT2D eigenvalue weighted by molar-refractivity contribution is -0.141. The van der Waals surface area contributed by atoms with Crippen molar-refractivity contribution in [3.63, 3.8) is 0 Å². The topological polar surface area (TPSA) is 57.6 Å². The SMILES string of the molecule is O=C(O)C1CC2CCCCC2N1C(=O)c1cc(F)ccc1F. The van der Waals surface area contributed by atoms with E-state index in [4.69, 9.17) is 0 Å². The van der Waals surface area contributed by atoms with Gasteiger partial charge in [0, 0.05) is 6.04 Å². The lowest BCUT2D eigenvalue weighted by atomic mass is 9.84. The van der Waals surface area contributed by atoms with E-state index in [-0.39, 0.29) is 12.0 Å². The van der Waals surface area contributed by atoms with Crippen molar-refractivity contribution >= 4 is 11.9 Å². The summed E-state index contributed by atoms with van der Waals surface area (Å²) in [4.78, 5) is 25.4. The summed E-state index contributed by atoms with van der Waals surface area (Å²) in [5.74, 6) is -3.21. The molecule has 3 rings (SSSR count). The number of fused-ring (bicyclic) bond motifs is 1. The second kappa shape index (κ2) is 5.66. The van der Waals surface area contributed by atoms with Crippen molar-refractivity contribution in [2.45, 2.75) is 44.2 Å². The number of hydrogen-bond donors (Lipinski definition) is 1. The number of likely N-dealkylation sites (tertiary alicyclic amines) is 1. The Bertz CT molecular complexity index is 619. The van der Waals surface area contributed by atoms with E-state index in [0.29, 0.717) is 6.42 Å². The van der Waals surface area contributed by atoms with Crippen LogP contribution in [0.4, 0.5) is 8.78 Å². The van der Waals surface area contributed by atoms with Crippen LogP contribution in [0.25, 0.3) is 0 Å². The van der Waals surface area contributed by atoms with Crippen molar-refractivity contribution in [2.75, 3.05) is 0 Å². The van der Waals surface area contributed by atoms with Crippen LogP contribution in [-0.4, -0.2) is 34.0 Å². The molecule has 1 saturated heterocycles. The van der Waals surface area contributed by atoms with E-state index >= 15 is 0 Å². The van der Waals surface area contributed by atoms with E-state index in [1.54, 1.807) is 0 Å². The molecule has 0 bridgehead atoms. The minimum atomic E-state index is -1.08. The molecule has 0 aromatic heterocycles. The molecule has 2 fully saturated rings. The fourth-order valence-electron chi connectivity index (χ4n) is 3.77. The van der Waals surface area contributed by atoms with Gasteiger partial charge >= 0.3 is 5.97 Å². The van der Waals surface area contributed by atoms with Gasteiger partial charge < -0.3 is 10.0 Å². The van der Waals surface area contributed by atoms with Gasteiger partial charge in [-0.3, -0.25) is 4.79 Å². The van der Waals surface area contributed by atoms with Crippen molar-refractivity contribution in [1.82, 2.24) is 4.90 Å². The van der Waals surface area contributed by atoms with Gasteiger partial charge in [-0.25, -0.2) is 13.6 Å². The molecule has 1 N–H and O–H groups in total. The third kappa shape index (κ3) is 2.46. The highest BCUT2D eigenvalue weighted by Crippen LogP contribution is 2.40. The first-order valence-electron chi connectivity index (χ1n) is 7.49. The highest BCUT2D eigenvalue weighted by atomic mass is 19.1. The van der Waals surface area contributed by atoms with E-state index in [9.17, 15) is 23.5 Å². The normalized spacial score (nSPS) is 27.5. The highest BCUT2D eigenvalue weighted by Gasteiger charge is 2.48. The summed E-state index contributed by atoms with van der Waals surface area (Å²) in [6.07, 6.45) is 3.93. The fraction of sp³-hybridized carbons (Fsp3) is 0.500. The molecule has 0 spiro atoms. The summed E-state index contributed by atoms with van der Waals surface area (Å²) < 4.78 is 27.2. The monoisotopic (exact) mass is 309 g/mol. The van der Waals surface area contributed by atoms with Gasteiger partial charge in [-0.15, -0.1) is 0 Å². The first-order chi connectivity index (χ1) is 10.5. The highest BCUT2D eigenvalue weighted by molar-refractivity contribution is 5.97. The minimum absolute atomic E-state index is 0.135. The van der Waals surface area contributed by atoms with Crippen LogP contribution in [0, 0.1) is 17.6 Å². The van der Waals surface area contributed by atoms with E-state index in [0.717, 1.165) is 43.9 Å². The number of aliphatic carboxylic acids is 1. The Labute approximate surface area is 126 Å². The number of halogens is 2. The summed E-state index contributed by atoms with van der Waals surface area (Å²) in [5, 5.41) is 9.39. The zero-order valence-electron chi connectivity index (χ0n) is 12.0. The Morgan fingerprint density at radius 3 is 2.64 bits per heavy atom. The van der Waals surface area contributed by atoms with Crippen LogP contribution in [0.5, 0.6) is 0 Å². The maximum absolute atomic E-state index is 13.9. The van der Waals surface area contributed by atoms with Crippen LogP contribution in [-0.2, 0) is 4.79 Å². The second-order valence-corrected chi connectivity index (χ2v) is 6.04. The van der Waals surface area contributed by atoms with Gasteiger partial charge in [0.1, 0.15) is 17.7 Å². The number of carboxylic acids is 1. The summed E-state index contributed by atoms with van der Waals surface area (Å²) in [5.41, 5.74) is -0.391. The molecule has 1 amide bonds. The zero-order valence-corrected chi connectivity index (χ0v) is 12.0. The van der Waals surface area contributed by atoms with Crippen molar-refractivity contribution in [1.29, 1.82) is 0 Å². The van der Waals surface area contributed by atoms with Crippen molar-refractivity contribution < 1.29 is 23.5 Å². The molecule has 2 aliphatic rings. The number of carbonyl (C=O) groups excluding carboxylic acids is 1. The number of benzene rings is 1. The smallest absolute Gasteiger partial charge is 0.326 e. The Hall–Kier alpha value is -1.98. The molecule has 118 valence electrons. The Morgan fingerprint density at radius 1 is 1.18 bits per heavy atom. The number of hydrogen-bond acceptors (Lipinski definition) is 2. The van der Waals surface area contributed by atoms with Crippen LogP contribution in [0.15, 0.2) is 18.2 Å². The molecule has 3 atom stereocenters. The predicted octanol–water partition coefficient (Wildman–Crippen LogP) is 2.82. The lowest BCUT2D eigenvalue weighted by Gasteiger charge is -2.33. The van der Waals surface area contributed by atoms with E-state index in [1.165, 1.54) is 4.90 Å². The third-order valence-electron chi connectivity index (χ3n) is 4.77. The first kappa shape index (κ1) is 14.9. The van der Waals surface area contributed by atoms with Gasteiger partial charge in [-0.1, -0.05) is 12.8 Å². The van der Waals surface area contributed by atoms with Gasteiger partial charge in [0.25, 0.3) is 5.91 Å². The number of carbonyl (C=O) groups is 2. The van der Waals surface area contributed by atoms with Gasteiger partial charge in [0.05, 0.1) is 5.56 Å². The van der Waals surface area contributed by atoms with Crippen molar-refractivity contribution in [3.8, 4) is 0 Å². The first-order valence-corrected chi connectivity index (χ1v) is 7.49. The Balaban J connectivity index is 1.97. The van der Waals surface area contributed by atoms with E-state index in [2.05, 4.69) is 0 Å². The molecular formula is C16H17F2NO3. The number of carboxylic acid groups (broad SMARTS) is 1. The van der Waals surface area contributed by atoms with Gasteiger partial charge in [0.15, 0.2) is 0 Å². The van der Waals surface area contributed by atoms with E-state index in [1.807, 2.05) is 0 Å². The lowest BCUT2D eigenvalue weighted by Crippen LogP contribution is -2.46. The van der Waals surface area contributed by atoms with Gasteiger partial charge in [-0.05, 0) is 43.4 Å². The molecule has 22 heavy (non-hydrogen) atoms. The maximum atomic E-state index is 13.9. The maximum Gasteiger partial charge on any atom is 0.326 e. The molecule has 0 radical (unpaired) electrons. The average Bonchev–Trinajstić information content (AvgIpc) is 2.88. The molecule has 1 aliphatic heterocycles. The fourth-order valence-corrected chi connectivity index (χ4v) is 3.77. The molecule has 6 heteroatoms. The van der Waals surface area contributed by atoms with Crippen LogP contribution in [0.1, 0.15) is 42.5 Å². The number of amides is 1. The van der Waals surface area contributed by atoms with Gasteiger partial charge in [-0.2, -0.15) is 0 Å². The largest absolute Gasteiger partial charge is 0.480 e. The number of rotatable bonds is 2. The van der Waals surface area contributed by atoms with Gasteiger partial charge in [0.2, 0.25) is 0 Å². The summed E-state index contributed by atoms with van der Waals surface area (Å²) in [7, 11) is 0. The van der Waals surface area contributed by atoms with Crippen LogP contribution in [0.2, 0.25) is 0 Å². The summed E-state index contributed by atoms with van der Waals surface area (Å²) in [6.45, 7) is 0. The van der Waals surface area contributed by atoms with E-state index < -0.39 is 35.1 Å². The predicted molar refractivity (Wildman–Crippen MR) is 74.3 cm³/mol.